The third-order valence-corrected chi connectivity index (χ3v) is 4.24. The van der Waals surface area contributed by atoms with Crippen molar-refractivity contribution < 1.29 is 9.15 Å². The van der Waals surface area contributed by atoms with E-state index in [0.29, 0.717) is 5.92 Å². The van der Waals surface area contributed by atoms with Crippen LogP contribution in [0.2, 0.25) is 0 Å². The number of nitrogens with one attached hydrogen (secondary N) is 1. The minimum absolute atomic E-state index is 0.0985. The van der Waals surface area contributed by atoms with Gasteiger partial charge in [-0.05, 0) is 37.8 Å². The summed E-state index contributed by atoms with van der Waals surface area (Å²) in [6.45, 7) is 5.08. The van der Waals surface area contributed by atoms with E-state index in [2.05, 4.69) is 19.3 Å². The van der Waals surface area contributed by atoms with E-state index in [1.165, 1.54) is 12.8 Å². The first-order valence-electron chi connectivity index (χ1n) is 7.32. The lowest BCUT2D eigenvalue weighted by atomic mass is 9.73. The molecule has 0 aliphatic heterocycles. The molecule has 0 spiro atoms. The molecular weight excluding hydrogens is 240 g/mol. The van der Waals surface area contributed by atoms with Crippen molar-refractivity contribution in [1.29, 1.82) is 0 Å². The fourth-order valence-electron chi connectivity index (χ4n) is 3.41. The largest absolute Gasteiger partial charge is 0.469 e. The van der Waals surface area contributed by atoms with E-state index in [9.17, 15) is 0 Å². The van der Waals surface area contributed by atoms with E-state index < -0.39 is 0 Å². The lowest BCUT2D eigenvalue weighted by Crippen LogP contribution is -2.57. The highest BCUT2D eigenvalue weighted by molar-refractivity contribution is 5.06. The number of hydrazine groups is 1. The van der Waals surface area contributed by atoms with Crippen molar-refractivity contribution >= 4 is 0 Å². The van der Waals surface area contributed by atoms with Gasteiger partial charge < -0.3 is 9.15 Å². The minimum atomic E-state index is -0.159. The number of ether oxygens (including phenoxy) is 1. The van der Waals surface area contributed by atoms with Gasteiger partial charge in [0.2, 0.25) is 0 Å². The average molecular weight is 266 g/mol. The Labute approximate surface area is 115 Å². The standard InChI is InChI=1S/C15H26N2O2/c1-3-19-15(8-4-6-12(2)11-15)14(17-16)10-13-7-5-9-18-13/h5,7,9,12,14,17H,3-4,6,8,10-11,16H2,1-2H3. The van der Waals surface area contributed by atoms with Crippen molar-refractivity contribution in [3.63, 3.8) is 0 Å². The Morgan fingerprint density at radius 2 is 2.47 bits per heavy atom. The van der Waals surface area contributed by atoms with Crippen LogP contribution >= 0.6 is 0 Å². The molecule has 1 fully saturated rings. The zero-order valence-corrected chi connectivity index (χ0v) is 12.0. The van der Waals surface area contributed by atoms with Crippen LogP contribution in [0.25, 0.3) is 0 Å². The average Bonchev–Trinajstić information content (AvgIpc) is 2.89. The molecule has 19 heavy (non-hydrogen) atoms. The molecule has 1 aromatic rings. The maximum absolute atomic E-state index is 6.16. The van der Waals surface area contributed by atoms with Crippen molar-refractivity contribution in [3.05, 3.63) is 24.2 Å². The molecule has 2 rings (SSSR count). The summed E-state index contributed by atoms with van der Waals surface area (Å²) in [6, 6.07) is 4.01. The fourth-order valence-corrected chi connectivity index (χ4v) is 3.41. The molecule has 1 aromatic heterocycles. The maximum atomic E-state index is 6.16. The van der Waals surface area contributed by atoms with E-state index in [1.54, 1.807) is 6.26 Å². The van der Waals surface area contributed by atoms with E-state index in [1.807, 2.05) is 12.1 Å². The normalized spacial score (nSPS) is 29.3. The Bertz CT molecular complexity index is 362. The monoisotopic (exact) mass is 266 g/mol. The summed E-state index contributed by atoms with van der Waals surface area (Å²) in [5.74, 6) is 7.46. The van der Waals surface area contributed by atoms with Gasteiger partial charge in [0.1, 0.15) is 5.76 Å². The predicted molar refractivity (Wildman–Crippen MR) is 75.5 cm³/mol. The quantitative estimate of drug-likeness (QED) is 0.614. The lowest BCUT2D eigenvalue weighted by molar-refractivity contribution is -0.101. The summed E-state index contributed by atoms with van der Waals surface area (Å²) in [4.78, 5) is 0. The first kappa shape index (κ1) is 14.6. The molecule has 0 bridgehead atoms. The van der Waals surface area contributed by atoms with E-state index in [0.717, 1.165) is 31.6 Å². The molecule has 4 nitrogen and oxygen atoms in total. The number of hydrogen-bond donors (Lipinski definition) is 2. The Morgan fingerprint density at radius 3 is 3.05 bits per heavy atom. The molecule has 4 heteroatoms. The molecule has 3 atom stereocenters. The maximum Gasteiger partial charge on any atom is 0.105 e. The number of furan rings is 1. The topological polar surface area (TPSA) is 60.4 Å². The van der Waals surface area contributed by atoms with Gasteiger partial charge in [0.25, 0.3) is 0 Å². The third-order valence-electron chi connectivity index (χ3n) is 4.24. The highest BCUT2D eigenvalue weighted by atomic mass is 16.5. The van der Waals surface area contributed by atoms with Crippen LogP contribution in [0.3, 0.4) is 0 Å². The Morgan fingerprint density at radius 1 is 1.63 bits per heavy atom. The molecule has 0 aromatic carbocycles. The predicted octanol–water partition coefficient (Wildman–Crippen LogP) is 2.64. The van der Waals surface area contributed by atoms with Crippen LogP contribution in [-0.2, 0) is 11.2 Å². The summed E-state index contributed by atoms with van der Waals surface area (Å²) < 4.78 is 11.6. The fraction of sp³-hybridized carbons (Fsp3) is 0.733. The van der Waals surface area contributed by atoms with E-state index >= 15 is 0 Å². The molecule has 108 valence electrons. The van der Waals surface area contributed by atoms with Gasteiger partial charge in [-0.25, -0.2) is 0 Å². The first-order valence-corrected chi connectivity index (χ1v) is 7.32. The van der Waals surface area contributed by atoms with Gasteiger partial charge in [0, 0.05) is 13.0 Å². The third kappa shape index (κ3) is 3.38. The van der Waals surface area contributed by atoms with Crippen LogP contribution < -0.4 is 11.3 Å². The van der Waals surface area contributed by atoms with Gasteiger partial charge in [-0.15, -0.1) is 0 Å². The smallest absolute Gasteiger partial charge is 0.105 e. The lowest BCUT2D eigenvalue weighted by Gasteiger charge is -2.44. The number of nitrogens with two attached hydrogens (primary N) is 1. The van der Waals surface area contributed by atoms with Crippen LogP contribution in [0.4, 0.5) is 0 Å². The van der Waals surface area contributed by atoms with Crippen molar-refractivity contribution in [2.45, 2.75) is 57.6 Å². The Balaban J connectivity index is 2.14. The second-order valence-electron chi connectivity index (χ2n) is 5.70. The van der Waals surface area contributed by atoms with E-state index in [-0.39, 0.29) is 11.6 Å². The first-order chi connectivity index (χ1) is 9.20. The Hall–Kier alpha value is -0.840. The van der Waals surface area contributed by atoms with Crippen molar-refractivity contribution in [2.24, 2.45) is 11.8 Å². The van der Waals surface area contributed by atoms with Crippen molar-refractivity contribution in [1.82, 2.24) is 5.43 Å². The highest BCUT2D eigenvalue weighted by Gasteiger charge is 2.42. The van der Waals surface area contributed by atoms with Gasteiger partial charge >= 0.3 is 0 Å². The summed E-state index contributed by atoms with van der Waals surface area (Å²) in [7, 11) is 0. The minimum Gasteiger partial charge on any atom is -0.469 e. The van der Waals surface area contributed by atoms with Gasteiger partial charge in [-0.3, -0.25) is 11.3 Å². The summed E-state index contributed by atoms with van der Waals surface area (Å²) >= 11 is 0. The van der Waals surface area contributed by atoms with Gasteiger partial charge in [0.15, 0.2) is 0 Å². The molecule has 1 aliphatic rings. The molecule has 0 radical (unpaired) electrons. The number of hydrogen-bond acceptors (Lipinski definition) is 4. The second-order valence-corrected chi connectivity index (χ2v) is 5.70. The molecule has 3 N–H and O–H groups in total. The van der Waals surface area contributed by atoms with Gasteiger partial charge in [-0.2, -0.15) is 0 Å². The van der Waals surface area contributed by atoms with Gasteiger partial charge in [-0.1, -0.05) is 19.8 Å². The van der Waals surface area contributed by atoms with Crippen molar-refractivity contribution in [2.75, 3.05) is 6.61 Å². The van der Waals surface area contributed by atoms with E-state index in [4.69, 9.17) is 15.0 Å². The van der Waals surface area contributed by atoms with Crippen LogP contribution in [0.1, 0.15) is 45.3 Å². The zero-order chi connectivity index (χ0) is 13.7. The molecule has 0 saturated heterocycles. The summed E-state index contributed by atoms with van der Waals surface area (Å²) in [5.41, 5.74) is 2.81. The van der Waals surface area contributed by atoms with Crippen LogP contribution in [-0.4, -0.2) is 18.2 Å². The number of rotatable bonds is 6. The SMILES string of the molecule is CCOC1(C(Cc2ccco2)NN)CCCC(C)C1. The van der Waals surface area contributed by atoms with Crippen LogP contribution in [0, 0.1) is 5.92 Å². The summed E-state index contributed by atoms with van der Waals surface area (Å²) in [6.07, 6.45) is 7.11. The van der Waals surface area contributed by atoms with Crippen LogP contribution in [0.5, 0.6) is 0 Å². The molecule has 3 unspecified atom stereocenters. The second kappa shape index (κ2) is 6.55. The van der Waals surface area contributed by atoms with Gasteiger partial charge in [0.05, 0.1) is 17.9 Å². The highest BCUT2D eigenvalue weighted by Crippen LogP contribution is 2.38. The molecule has 1 aliphatic carbocycles. The molecule has 0 amide bonds. The van der Waals surface area contributed by atoms with Crippen molar-refractivity contribution in [3.8, 4) is 0 Å². The van der Waals surface area contributed by atoms with Crippen LogP contribution in [0.15, 0.2) is 22.8 Å². The molecule has 1 saturated carbocycles. The molecular formula is C15H26N2O2. The molecule has 1 heterocycles. The Kier molecular flexibility index (Phi) is 5.02. The zero-order valence-electron chi connectivity index (χ0n) is 12.0. The summed E-state index contributed by atoms with van der Waals surface area (Å²) in [5, 5.41) is 0.